The lowest BCUT2D eigenvalue weighted by molar-refractivity contribution is 0.916. The van der Waals surface area contributed by atoms with Gasteiger partial charge in [0.1, 0.15) is 0 Å². The van der Waals surface area contributed by atoms with Crippen molar-refractivity contribution < 1.29 is 0 Å². The van der Waals surface area contributed by atoms with Gasteiger partial charge in [-0.1, -0.05) is 23.2 Å². The van der Waals surface area contributed by atoms with Crippen molar-refractivity contribution in [3.63, 3.8) is 0 Å². The first-order valence-electron chi connectivity index (χ1n) is 5.15. The average Bonchev–Trinajstić information content (AvgIpc) is 2.33. The fourth-order valence-corrected chi connectivity index (χ4v) is 2.43. The number of hydrogen-bond donors (Lipinski definition) is 0. The third kappa shape index (κ3) is 3.35. The number of nitrogens with zero attached hydrogens (tertiary/aromatic N) is 1. The highest BCUT2D eigenvalue weighted by Gasteiger charge is 2.13. The Balaban J connectivity index is 2.20. The summed E-state index contributed by atoms with van der Waals surface area (Å²) in [4.78, 5) is 3.97. The standard InChI is InChI=1S/C13H10Cl3N/c14-10-1-2-12(15)11(8-10)13(16)7-9-3-5-17-6-4-9/h1-6,8,13H,7H2. The van der Waals surface area contributed by atoms with E-state index in [9.17, 15) is 0 Å². The van der Waals surface area contributed by atoms with E-state index in [1.807, 2.05) is 18.2 Å². The molecule has 4 heteroatoms. The summed E-state index contributed by atoms with van der Waals surface area (Å²) in [6.45, 7) is 0. The Morgan fingerprint density at radius 2 is 1.76 bits per heavy atom. The van der Waals surface area contributed by atoms with Crippen LogP contribution in [0.1, 0.15) is 16.5 Å². The van der Waals surface area contributed by atoms with E-state index >= 15 is 0 Å². The van der Waals surface area contributed by atoms with E-state index in [1.54, 1.807) is 24.5 Å². The molecule has 1 unspecified atom stereocenters. The zero-order chi connectivity index (χ0) is 12.3. The van der Waals surface area contributed by atoms with Gasteiger partial charge in [-0.3, -0.25) is 4.98 Å². The van der Waals surface area contributed by atoms with E-state index in [-0.39, 0.29) is 5.38 Å². The Morgan fingerprint density at radius 1 is 1.06 bits per heavy atom. The molecule has 0 amide bonds. The highest BCUT2D eigenvalue weighted by molar-refractivity contribution is 6.34. The van der Waals surface area contributed by atoms with Gasteiger partial charge in [0.15, 0.2) is 0 Å². The van der Waals surface area contributed by atoms with E-state index in [0.29, 0.717) is 16.5 Å². The summed E-state index contributed by atoms with van der Waals surface area (Å²) < 4.78 is 0. The van der Waals surface area contributed by atoms with E-state index in [2.05, 4.69) is 4.98 Å². The summed E-state index contributed by atoms with van der Waals surface area (Å²) in [5.74, 6) is 0. The first-order valence-corrected chi connectivity index (χ1v) is 6.34. The zero-order valence-electron chi connectivity index (χ0n) is 8.91. The zero-order valence-corrected chi connectivity index (χ0v) is 11.2. The molecule has 0 bridgehead atoms. The van der Waals surface area contributed by atoms with Gasteiger partial charge in [-0.05, 0) is 47.9 Å². The first-order chi connectivity index (χ1) is 8.16. The number of benzene rings is 1. The summed E-state index contributed by atoms with van der Waals surface area (Å²) in [5, 5.41) is 1.09. The minimum absolute atomic E-state index is 0.191. The second kappa shape index (κ2) is 5.72. The number of alkyl halides is 1. The number of hydrogen-bond acceptors (Lipinski definition) is 1. The summed E-state index contributed by atoms with van der Waals surface area (Å²) >= 11 is 18.4. The third-order valence-electron chi connectivity index (χ3n) is 2.46. The minimum Gasteiger partial charge on any atom is -0.265 e. The molecule has 88 valence electrons. The predicted molar refractivity (Wildman–Crippen MR) is 73.0 cm³/mol. The lowest BCUT2D eigenvalue weighted by atomic mass is 10.0. The molecule has 0 fully saturated rings. The maximum absolute atomic E-state index is 6.35. The highest BCUT2D eigenvalue weighted by atomic mass is 35.5. The lowest BCUT2D eigenvalue weighted by Crippen LogP contribution is -1.97. The Hall–Kier alpha value is -0.760. The normalized spacial score (nSPS) is 12.4. The molecular formula is C13H10Cl3N. The molecule has 2 rings (SSSR count). The monoisotopic (exact) mass is 285 g/mol. The van der Waals surface area contributed by atoms with Gasteiger partial charge in [0, 0.05) is 22.4 Å². The van der Waals surface area contributed by atoms with Crippen molar-refractivity contribution in [1.82, 2.24) is 4.98 Å². The summed E-state index contributed by atoms with van der Waals surface area (Å²) in [7, 11) is 0. The Morgan fingerprint density at radius 3 is 2.47 bits per heavy atom. The van der Waals surface area contributed by atoms with E-state index in [1.165, 1.54) is 0 Å². The largest absolute Gasteiger partial charge is 0.265 e. The molecule has 1 nitrogen and oxygen atoms in total. The number of rotatable bonds is 3. The van der Waals surface area contributed by atoms with Crippen molar-refractivity contribution in [2.45, 2.75) is 11.8 Å². The van der Waals surface area contributed by atoms with Crippen LogP contribution < -0.4 is 0 Å². The Labute approximate surface area is 115 Å². The first kappa shape index (κ1) is 12.7. The van der Waals surface area contributed by atoms with Crippen LogP contribution in [0, 0.1) is 0 Å². The van der Waals surface area contributed by atoms with Crippen LogP contribution in [0.3, 0.4) is 0 Å². The molecule has 0 saturated heterocycles. The number of aromatic nitrogens is 1. The van der Waals surface area contributed by atoms with Gasteiger partial charge in [0.25, 0.3) is 0 Å². The maximum Gasteiger partial charge on any atom is 0.0640 e. The average molecular weight is 287 g/mol. The van der Waals surface area contributed by atoms with Crippen LogP contribution in [0.4, 0.5) is 0 Å². The van der Waals surface area contributed by atoms with Gasteiger partial charge in [0.05, 0.1) is 5.38 Å². The molecule has 0 aliphatic heterocycles. The van der Waals surface area contributed by atoms with Crippen LogP contribution in [-0.2, 0) is 6.42 Å². The van der Waals surface area contributed by atoms with Gasteiger partial charge >= 0.3 is 0 Å². The summed E-state index contributed by atoms with van der Waals surface area (Å²) in [6, 6.07) is 9.20. The molecule has 0 aliphatic carbocycles. The van der Waals surface area contributed by atoms with Gasteiger partial charge in [-0.25, -0.2) is 0 Å². The van der Waals surface area contributed by atoms with Crippen LogP contribution in [0.5, 0.6) is 0 Å². The van der Waals surface area contributed by atoms with Crippen molar-refractivity contribution in [3.05, 3.63) is 63.9 Å². The smallest absolute Gasteiger partial charge is 0.0640 e. The molecule has 1 aromatic carbocycles. The van der Waals surface area contributed by atoms with Crippen molar-refractivity contribution in [3.8, 4) is 0 Å². The molecular weight excluding hydrogens is 277 g/mol. The second-order valence-electron chi connectivity index (χ2n) is 3.69. The Kier molecular flexibility index (Phi) is 4.27. The lowest BCUT2D eigenvalue weighted by Gasteiger charge is -2.12. The van der Waals surface area contributed by atoms with E-state index in [0.717, 1.165) is 11.1 Å². The van der Waals surface area contributed by atoms with Crippen molar-refractivity contribution in [1.29, 1.82) is 0 Å². The molecule has 0 aliphatic rings. The van der Waals surface area contributed by atoms with Crippen molar-refractivity contribution in [2.75, 3.05) is 0 Å². The molecule has 1 heterocycles. The highest BCUT2D eigenvalue weighted by Crippen LogP contribution is 2.32. The van der Waals surface area contributed by atoms with Gasteiger partial charge in [-0.2, -0.15) is 0 Å². The fraction of sp³-hybridized carbons (Fsp3) is 0.154. The van der Waals surface area contributed by atoms with Crippen LogP contribution >= 0.6 is 34.8 Å². The third-order valence-corrected chi connectivity index (χ3v) is 3.43. The van der Waals surface area contributed by atoms with Crippen LogP contribution in [0.15, 0.2) is 42.7 Å². The molecule has 0 saturated carbocycles. The molecule has 0 spiro atoms. The quantitative estimate of drug-likeness (QED) is 0.731. The molecule has 1 aromatic heterocycles. The summed E-state index contributed by atoms with van der Waals surface area (Å²) in [5.41, 5.74) is 1.98. The SMILES string of the molecule is Clc1ccc(Cl)c(C(Cl)Cc2ccncc2)c1. The predicted octanol–water partition coefficient (Wildman–Crippen LogP) is 4.91. The van der Waals surface area contributed by atoms with Gasteiger partial charge in [-0.15, -0.1) is 11.6 Å². The van der Waals surface area contributed by atoms with Crippen LogP contribution in [-0.4, -0.2) is 4.98 Å². The fourth-order valence-electron chi connectivity index (χ4n) is 1.59. The van der Waals surface area contributed by atoms with Gasteiger partial charge < -0.3 is 0 Å². The van der Waals surface area contributed by atoms with E-state index in [4.69, 9.17) is 34.8 Å². The summed E-state index contributed by atoms with van der Waals surface area (Å²) in [6.07, 6.45) is 4.20. The maximum atomic E-state index is 6.35. The van der Waals surface area contributed by atoms with E-state index < -0.39 is 0 Å². The minimum atomic E-state index is -0.191. The molecule has 1 atom stereocenters. The van der Waals surface area contributed by atoms with Gasteiger partial charge in [0.2, 0.25) is 0 Å². The topological polar surface area (TPSA) is 12.9 Å². The number of halogens is 3. The van der Waals surface area contributed by atoms with Crippen molar-refractivity contribution in [2.24, 2.45) is 0 Å². The molecule has 0 N–H and O–H groups in total. The van der Waals surface area contributed by atoms with Crippen molar-refractivity contribution >= 4 is 34.8 Å². The molecule has 17 heavy (non-hydrogen) atoms. The number of pyridine rings is 1. The van der Waals surface area contributed by atoms with Crippen LogP contribution in [0.2, 0.25) is 10.0 Å². The Bertz CT molecular complexity index is 499. The van der Waals surface area contributed by atoms with Crippen LogP contribution in [0.25, 0.3) is 0 Å². The second-order valence-corrected chi connectivity index (χ2v) is 5.06. The molecule has 0 radical (unpaired) electrons. The molecule has 2 aromatic rings.